The molecule has 0 aromatic heterocycles. The van der Waals surface area contributed by atoms with Crippen LogP contribution in [0.4, 0.5) is 0 Å². The van der Waals surface area contributed by atoms with Gasteiger partial charge in [-0.3, -0.25) is 4.79 Å². The van der Waals surface area contributed by atoms with E-state index < -0.39 is 11.6 Å². The number of aromatic carboxylic acids is 1. The predicted molar refractivity (Wildman–Crippen MR) is 82.9 cm³/mol. The van der Waals surface area contributed by atoms with Gasteiger partial charge in [0.05, 0.1) is 5.56 Å². The minimum atomic E-state index is -0.931. The molecule has 1 aromatic rings. The SMILES string of the molecule is COC1(C(=O)NCCc2ccc(C(=O)O)cc2)CCCCC1. The van der Waals surface area contributed by atoms with Crippen molar-refractivity contribution in [1.29, 1.82) is 0 Å². The topological polar surface area (TPSA) is 75.6 Å². The Morgan fingerprint density at radius 1 is 1.18 bits per heavy atom. The maximum absolute atomic E-state index is 12.4. The lowest BCUT2D eigenvalue weighted by molar-refractivity contribution is -0.147. The highest BCUT2D eigenvalue weighted by Crippen LogP contribution is 2.31. The van der Waals surface area contributed by atoms with E-state index in [1.54, 1.807) is 31.4 Å². The molecule has 0 aliphatic heterocycles. The molecular formula is C17H23NO4. The van der Waals surface area contributed by atoms with E-state index in [2.05, 4.69) is 5.32 Å². The van der Waals surface area contributed by atoms with Gasteiger partial charge in [0.25, 0.3) is 5.91 Å². The van der Waals surface area contributed by atoms with Crippen LogP contribution in [0.3, 0.4) is 0 Å². The summed E-state index contributed by atoms with van der Waals surface area (Å²) in [5, 5.41) is 11.8. The van der Waals surface area contributed by atoms with E-state index in [9.17, 15) is 9.59 Å². The number of carbonyl (C=O) groups is 2. The van der Waals surface area contributed by atoms with Gasteiger partial charge in [0, 0.05) is 13.7 Å². The van der Waals surface area contributed by atoms with Crippen LogP contribution >= 0.6 is 0 Å². The van der Waals surface area contributed by atoms with Crippen LogP contribution in [-0.4, -0.2) is 36.2 Å². The highest BCUT2D eigenvalue weighted by atomic mass is 16.5. The Bertz CT molecular complexity index is 518. The van der Waals surface area contributed by atoms with Crippen LogP contribution in [0.2, 0.25) is 0 Å². The second-order valence-electron chi connectivity index (χ2n) is 5.77. The van der Waals surface area contributed by atoms with E-state index in [0.717, 1.165) is 37.7 Å². The second-order valence-corrected chi connectivity index (χ2v) is 5.77. The Morgan fingerprint density at radius 2 is 1.82 bits per heavy atom. The predicted octanol–water partition coefficient (Wildman–Crippen LogP) is 2.39. The first-order chi connectivity index (χ1) is 10.6. The van der Waals surface area contributed by atoms with Gasteiger partial charge in [-0.1, -0.05) is 31.4 Å². The number of benzene rings is 1. The van der Waals surface area contributed by atoms with Gasteiger partial charge >= 0.3 is 5.97 Å². The first kappa shape index (κ1) is 16.5. The zero-order chi connectivity index (χ0) is 16.0. The molecule has 1 aliphatic rings. The number of carbonyl (C=O) groups excluding carboxylic acids is 1. The van der Waals surface area contributed by atoms with E-state index in [1.165, 1.54) is 0 Å². The van der Waals surface area contributed by atoms with Gasteiger partial charge in [0.1, 0.15) is 5.60 Å². The smallest absolute Gasteiger partial charge is 0.335 e. The van der Waals surface area contributed by atoms with Crippen LogP contribution in [0.5, 0.6) is 0 Å². The van der Waals surface area contributed by atoms with Crippen molar-refractivity contribution < 1.29 is 19.4 Å². The first-order valence-electron chi connectivity index (χ1n) is 7.73. The molecular weight excluding hydrogens is 282 g/mol. The van der Waals surface area contributed by atoms with Crippen molar-refractivity contribution >= 4 is 11.9 Å². The molecule has 1 aliphatic carbocycles. The van der Waals surface area contributed by atoms with E-state index >= 15 is 0 Å². The Kier molecular flexibility index (Phi) is 5.55. The fourth-order valence-corrected chi connectivity index (χ4v) is 2.94. The average molecular weight is 305 g/mol. The molecule has 1 amide bonds. The molecule has 2 rings (SSSR count). The van der Waals surface area contributed by atoms with Crippen molar-refractivity contribution in [3.05, 3.63) is 35.4 Å². The Balaban J connectivity index is 1.84. The Morgan fingerprint density at radius 3 is 2.36 bits per heavy atom. The number of nitrogens with one attached hydrogen (secondary N) is 1. The lowest BCUT2D eigenvalue weighted by Crippen LogP contribution is -2.50. The molecule has 0 heterocycles. The third kappa shape index (κ3) is 3.85. The number of methoxy groups -OCH3 is 1. The summed E-state index contributed by atoms with van der Waals surface area (Å²) in [5.41, 5.74) is 0.611. The summed E-state index contributed by atoms with van der Waals surface area (Å²) in [6.07, 6.45) is 5.45. The van der Waals surface area contributed by atoms with Gasteiger partial charge in [-0.2, -0.15) is 0 Å². The van der Waals surface area contributed by atoms with Crippen LogP contribution in [-0.2, 0) is 16.0 Å². The van der Waals surface area contributed by atoms with Gasteiger partial charge in [-0.05, 0) is 37.0 Å². The number of amides is 1. The van der Waals surface area contributed by atoms with Gasteiger partial charge < -0.3 is 15.2 Å². The molecule has 5 heteroatoms. The monoisotopic (exact) mass is 305 g/mol. The van der Waals surface area contributed by atoms with Crippen LogP contribution in [0, 0.1) is 0 Å². The molecule has 0 spiro atoms. The molecule has 0 radical (unpaired) electrons. The molecule has 1 fully saturated rings. The number of rotatable bonds is 6. The minimum absolute atomic E-state index is 0.0307. The molecule has 2 N–H and O–H groups in total. The highest BCUT2D eigenvalue weighted by Gasteiger charge is 2.39. The van der Waals surface area contributed by atoms with E-state index in [1.807, 2.05) is 0 Å². The summed E-state index contributed by atoms with van der Waals surface area (Å²) in [7, 11) is 1.61. The number of carboxylic acid groups (broad SMARTS) is 1. The molecule has 0 unspecified atom stereocenters. The van der Waals surface area contributed by atoms with E-state index in [-0.39, 0.29) is 11.5 Å². The van der Waals surface area contributed by atoms with Crippen LogP contribution < -0.4 is 5.32 Å². The normalized spacial score (nSPS) is 17.0. The summed E-state index contributed by atoms with van der Waals surface area (Å²) in [5.74, 6) is -0.962. The third-order valence-electron chi connectivity index (χ3n) is 4.37. The molecule has 120 valence electrons. The fourth-order valence-electron chi connectivity index (χ4n) is 2.94. The van der Waals surface area contributed by atoms with Crippen molar-refractivity contribution in [2.24, 2.45) is 0 Å². The summed E-state index contributed by atoms with van der Waals surface area (Å²) in [6.45, 7) is 0.524. The summed E-state index contributed by atoms with van der Waals surface area (Å²) < 4.78 is 5.51. The van der Waals surface area contributed by atoms with Crippen LogP contribution in [0.25, 0.3) is 0 Å². The van der Waals surface area contributed by atoms with E-state index in [4.69, 9.17) is 9.84 Å². The fraction of sp³-hybridized carbons (Fsp3) is 0.529. The third-order valence-corrected chi connectivity index (χ3v) is 4.37. The van der Waals surface area contributed by atoms with Gasteiger partial charge in [0.15, 0.2) is 0 Å². The summed E-state index contributed by atoms with van der Waals surface area (Å²) in [4.78, 5) is 23.2. The molecule has 5 nitrogen and oxygen atoms in total. The molecule has 22 heavy (non-hydrogen) atoms. The van der Waals surface area contributed by atoms with Crippen molar-refractivity contribution in [2.45, 2.75) is 44.1 Å². The van der Waals surface area contributed by atoms with E-state index in [0.29, 0.717) is 13.0 Å². The molecule has 1 saturated carbocycles. The van der Waals surface area contributed by atoms with Crippen molar-refractivity contribution in [3.63, 3.8) is 0 Å². The zero-order valence-corrected chi connectivity index (χ0v) is 12.9. The highest BCUT2D eigenvalue weighted by molar-refractivity contribution is 5.87. The molecule has 0 atom stereocenters. The zero-order valence-electron chi connectivity index (χ0n) is 12.9. The lowest BCUT2D eigenvalue weighted by Gasteiger charge is -2.34. The van der Waals surface area contributed by atoms with Crippen LogP contribution in [0.15, 0.2) is 24.3 Å². The Hall–Kier alpha value is -1.88. The van der Waals surface area contributed by atoms with Gasteiger partial charge in [-0.25, -0.2) is 4.79 Å². The van der Waals surface area contributed by atoms with Crippen LogP contribution in [0.1, 0.15) is 48.0 Å². The molecule has 0 bridgehead atoms. The van der Waals surface area contributed by atoms with Gasteiger partial charge in [0.2, 0.25) is 0 Å². The number of ether oxygens (including phenoxy) is 1. The maximum Gasteiger partial charge on any atom is 0.335 e. The lowest BCUT2D eigenvalue weighted by atomic mass is 9.84. The molecule has 0 saturated heterocycles. The quantitative estimate of drug-likeness (QED) is 0.846. The standard InChI is InChI=1S/C17H23NO4/c1-22-17(10-3-2-4-11-17)16(21)18-12-9-13-5-7-14(8-6-13)15(19)20/h5-8H,2-4,9-12H2,1H3,(H,18,21)(H,19,20). The van der Waals surface area contributed by atoms with Crippen molar-refractivity contribution in [2.75, 3.05) is 13.7 Å². The second kappa shape index (κ2) is 7.40. The van der Waals surface area contributed by atoms with Crippen molar-refractivity contribution in [1.82, 2.24) is 5.32 Å². The maximum atomic E-state index is 12.4. The largest absolute Gasteiger partial charge is 0.478 e. The summed E-state index contributed by atoms with van der Waals surface area (Å²) in [6, 6.07) is 6.72. The number of hydrogen-bond donors (Lipinski definition) is 2. The average Bonchev–Trinajstić information content (AvgIpc) is 2.55. The number of hydrogen-bond acceptors (Lipinski definition) is 3. The molecule has 1 aromatic carbocycles. The van der Waals surface area contributed by atoms with Gasteiger partial charge in [-0.15, -0.1) is 0 Å². The van der Waals surface area contributed by atoms with Crippen molar-refractivity contribution in [3.8, 4) is 0 Å². The summed E-state index contributed by atoms with van der Waals surface area (Å²) >= 11 is 0. The number of carboxylic acids is 1. The Labute approximate surface area is 130 Å². The minimum Gasteiger partial charge on any atom is -0.478 e. The first-order valence-corrected chi connectivity index (χ1v) is 7.73.